The van der Waals surface area contributed by atoms with Crippen molar-refractivity contribution in [2.24, 2.45) is 0 Å². The summed E-state index contributed by atoms with van der Waals surface area (Å²) >= 11 is 3.74. The van der Waals surface area contributed by atoms with E-state index in [0.717, 1.165) is 11.4 Å². The molecular weight excluding hydrogens is 487 g/mol. The largest absolute Gasteiger partial charge is 0.310 e. The van der Waals surface area contributed by atoms with Crippen molar-refractivity contribution >= 4 is 90.9 Å². The molecule has 0 unspecified atom stereocenters. The lowest BCUT2D eigenvalue weighted by Crippen LogP contribution is -2.09. The van der Waals surface area contributed by atoms with Gasteiger partial charge >= 0.3 is 0 Å². The lowest BCUT2D eigenvalue weighted by Gasteiger charge is -2.26. The Morgan fingerprint density at radius 2 is 1.00 bits per heavy atom. The topological polar surface area (TPSA) is 3.24 Å². The summed E-state index contributed by atoms with van der Waals surface area (Å²) < 4.78 is 5.33. The van der Waals surface area contributed by atoms with Gasteiger partial charge in [-0.3, -0.25) is 0 Å². The van der Waals surface area contributed by atoms with Crippen LogP contribution in [0.4, 0.5) is 17.1 Å². The third-order valence-corrected chi connectivity index (χ3v) is 9.50. The van der Waals surface area contributed by atoms with E-state index < -0.39 is 0 Å². The first-order chi connectivity index (χ1) is 18.3. The number of hydrogen-bond donors (Lipinski definition) is 0. The first kappa shape index (κ1) is 21.0. The SMILES string of the molecule is c1ccc(N(c2ccc3c(ccc4sc5ccccc5c43)c2)c2ccc3c(c2)sc2ccccc23)cc1. The number of hydrogen-bond acceptors (Lipinski definition) is 3. The number of anilines is 3. The van der Waals surface area contributed by atoms with Crippen LogP contribution in [-0.2, 0) is 0 Å². The summed E-state index contributed by atoms with van der Waals surface area (Å²) in [6, 6.07) is 46.5. The van der Waals surface area contributed by atoms with Crippen molar-refractivity contribution in [3.63, 3.8) is 0 Å². The molecule has 8 rings (SSSR count). The van der Waals surface area contributed by atoms with Gasteiger partial charge in [-0.05, 0) is 65.4 Å². The van der Waals surface area contributed by atoms with E-state index in [4.69, 9.17) is 0 Å². The fourth-order valence-electron chi connectivity index (χ4n) is 5.56. The molecule has 2 aromatic heterocycles. The molecule has 0 N–H and O–H groups in total. The highest BCUT2D eigenvalue weighted by Gasteiger charge is 2.16. The minimum absolute atomic E-state index is 1.16. The molecule has 0 saturated heterocycles. The van der Waals surface area contributed by atoms with Gasteiger partial charge in [0.25, 0.3) is 0 Å². The van der Waals surface area contributed by atoms with E-state index >= 15 is 0 Å². The van der Waals surface area contributed by atoms with Crippen LogP contribution in [0.3, 0.4) is 0 Å². The maximum absolute atomic E-state index is 2.37. The highest BCUT2D eigenvalue weighted by molar-refractivity contribution is 7.26. The molecular formula is C34H21NS2. The molecule has 8 aromatic rings. The summed E-state index contributed by atoms with van der Waals surface area (Å²) in [6.45, 7) is 0. The lowest BCUT2D eigenvalue weighted by molar-refractivity contribution is 1.30. The standard InChI is InChI=1S/C34H21NS2/c1-2-8-23(9-3-1)35(25-16-18-28-27-10-4-6-12-30(27)37-33(28)21-25)24-15-17-26-22(20-24)14-19-32-34(26)29-11-5-7-13-31(29)36-32/h1-21H. The molecule has 174 valence electrons. The summed E-state index contributed by atoms with van der Waals surface area (Å²) in [5, 5.41) is 7.93. The predicted octanol–water partition coefficient (Wildman–Crippen LogP) is 11.0. The average Bonchev–Trinajstić information content (AvgIpc) is 3.52. The second-order valence-corrected chi connectivity index (χ2v) is 11.6. The highest BCUT2D eigenvalue weighted by atomic mass is 32.1. The smallest absolute Gasteiger partial charge is 0.0476 e. The Hall–Kier alpha value is -4.18. The Bertz CT molecular complexity index is 2100. The molecule has 0 fully saturated rings. The minimum Gasteiger partial charge on any atom is -0.310 e. The number of nitrogens with zero attached hydrogens (tertiary/aromatic N) is 1. The van der Waals surface area contributed by atoms with Crippen molar-refractivity contribution in [1.82, 2.24) is 0 Å². The Kier molecular flexibility index (Phi) is 4.63. The van der Waals surface area contributed by atoms with Crippen LogP contribution < -0.4 is 4.90 Å². The molecule has 0 atom stereocenters. The zero-order valence-corrected chi connectivity index (χ0v) is 21.5. The van der Waals surface area contributed by atoms with Gasteiger partial charge in [0.2, 0.25) is 0 Å². The second kappa shape index (κ2) is 8.17. The van der Waals surface area contributed by atoms with Crippen LogP contribution in [-0.4, -0.2) is 0 Å². The van der Waals surface area contributed by atoms with Crippen molar-refractivity contribution in [3.8, 4) is 0 Å². The maximum Gasteiger partial charge on any atom is 0.0476 e. The quantitative estimate of drug-likeness (QED) is 0.230. The van der Waals surface area contributed by atoms with Crippen LogP contribution in [0.1, 0.15) is 0 Å². The van der Waals surface area contributed by atoms with Gasteiger partial charge in [0.05, 0.1) is 0 Å². The van der Waals surface area contributed by atoms with Crippen LogP contribution >= 0.6 is 22.7 Å². The van der Waals surface area contributed by atoms with Crippen LogP contribution in [0.5, 0.6) is 0 Å². The molecule has 0 aliphatic rings. The van der Waals surface area contributed by atoms with E-state index in [0.29, 0.717) is 0 Å². The van der Waals surface area contributed by atoms with Gasteiger partial charge in [-0.1, -0.05) is 72.8 Å². The summed E-state index contributed by atoms with van der Waals surface area (Å²) in [5.74, 6) is 0. The Labute approximate surface area is 222 Å². The molecule has 0 amide bonds. The monoisotopic (exact) mass is 507 g/mol. The number of para-hydroxylation sites is 1. The summed E-state index contributed by atoms with van der Waals surface area (Å²) in [6.07, 6.45) is 0. The van der Waals surface area contributed by atoms with Gasteiger partial charge in [-0.15, -0.1) is 22.7 Å². The Morgan fingerprint density at radius 1 is 0.378 bits per heavy atom. The molecule has 0 aliphatic carbocycles. The van der Waals surface area contributed by atoms with E-state index in [2.05, 4.69) is 132 Å². The molecule has 0 saturated carbocycles. The van der Waals surface area contributed by atoms with E-state index in [9.17, 15) is 0 Å². The van der Waals surface area contributed by atoms with E-state index in [1.807, 2.05) is 22.7 Å². The van der Waals surface area contributed by atoms with Crippen LogP contribution in [0.25, 0.3) is 51.1 Å². The zero-order chi connectivity index (χ0) is 24.3. The van der Waals surface area contributed by atoms with Gasteiger partial charge in [-0.2, -0.15) is 0 Å². The van der Waals surface area contributed by atoms with E-state index in [1.165, 1.54) is 56.8 Å². The Balaban J connectivity index is 1.35. The first-order valence-electron chi connectivity index (χ1n) is 12.4. The third-order valence-electron chi connectivity index (χ3n) is 7.23. The lowest BCUT2D eigenvalue weighted by atomic mass is 10.0. The van der Waals surface area contributed by atoms with Crippen molar-refractivity contribution in [1.29, 1.82) is 0 Å². The summed E-state index contributed by atoms with van der Waals surface area (Å²) in [4.78, 5) is 2.37. The van der Waals surface area contributed by atoms with Crippen LogP contribution in [0.15, 0.2) is 127 Å². The van der Waals surface area contributed by atoms with Crippen molar-refractivity contribution in [3.05, 3.63) is 127 Å². The Morgan fingerprint density at radius 3 is 1.84 bits per heavy atom. The molecule has 1 nitrogen and oxygen atoms in total. The first-order valence-corrected chi connectivity index (χ1v) is 14.1. The normalized spacial score (nSPS) is 11.8. The van der Waals surface area contributed by atoms with Gasteiger partial charge in [-0.25, -0.2) is 0 Å². The summed E-state index contributed by atoms with van der Waals surface area (Å²) in [7, 11) is 0. The second-order valence-electron chi connectivity index (χ2n) is 9.39. The molecule has 0 spiro atoms. The number of thiophene rings is 2. The third kappa shape index (κ3) is 3.28. The predicted molar refractivity (Wildman–Crippen MR) is 164 cm³/mol. The minimum atomic E-state index is 1.16. The number of benzene rings is 6. The van der Waals surface area contributed by atoms with Gasteiger partial charge in [0.15, 0.2) is 0 Å². The fourth-order valence-corrected chi connectivity index (χ4v) is 7.82. The number of rotatable bonds is 3. The molecule has 0 radical (unpaired) electrons. The number of fused-ring (bicyclic) bond motifs is 8. The fraction of sp³-hybridized carbons (Fsp3) is 0. The van der Waals surface area contributed by atoms with Crippen LogP contribution in [0.2, 0.25) is 0 Å². The van der Waals surface area contributed by atoms with Crippen LogP contribution in [0, 0.1) is 0 Å². The molecule has 6 aromatic carbocycles. The summed E-state index contributed by atoms with van der Waals surface area (Å²) in [5.41, 5.74) is 3.49. The van der Waals surface area contributed by atoms with E-state index in [-0.39, 0.29) is 0 Å². The molecule has 2 heterocycles. The molecule has 3 heteroatoms. The molecule has 0 bridgehead atoms. The zero-order valence-electron chi connectivity index (χ0n) is 19.9. The van der Waals surface area contributed by atoms with Crippen molar-refractivity contribution in [2.75, 3.05) is 4.90 Å². The van der Waals surface area contributed by atoms with Crippen molar-refractivity contribution < 1.29 is 0 Å². The molecule has 0 aliphatic heterocycles. The maximum atomic E-state index is 2.37. The van der Waals surface area contributed by atoms with Gasteiger partial charge < -0.3 is 4.90 Å². The molecule has 37 heavy (non-hydrogen) atoms. The average molecular weight is 508 g/mol. The van der Waals surface area contributed by atoms with Gasteiger partial charge in [0.1, 0.15) is 0 Å². The van der Waals surface area contributed by atoms with E-state index in [1.54, 1.807) is 0 Å². The van der Waals surface area contributed by atoms with Gasteiger partial charge in [0, 0.05) is 57.4 Å². The van der Waals surface area contributed by atoms with Crippen molar-refractivity contribution in [2.45, 2.75) is 0 Å². The highest BCUT2D eigenvalue weighted by Crippen LogP contribution is 2.43.